The van der Waals surface area contributed by atoms with E-state index in [-0.39, 0.29) is 16.9 Å². The van der Waals surface area contributed by atoms with E-state index in [1.165, 1.54) is 37.5 Å². The van der Waals surface area contributed by atoms with Crippen molar-refractivity contribution in [2.45, 2.75) is 0 Å². The molecule has 0 radical (unpaired) electrons. The van der Waals surface area contributed by atoms with Crippen LogP contribution in [-0.2, 0) is 4.79 Å². The first-order valence-corrected chi connectivity index (χ1v) is 11.0. The van der Waals surface area contributed by atoms with E-state index in [0.717, 1.165) is 0 Å². The Labute approximate surface area is 206 Å². The third-order valence-corrected chi connectivity index (χ3v) is 5.81. The number of nitrogens with zero attached hydrogens (tertiary/aromatic N) is 1. The van der Waals surface area contributed by atoms with Crippen molar-refractivity contribution in [2.75, 3.05) is 12.4 Å². The van der Waals surface area contributed by atoms with Crippen LogP contribution in [0.25, 0.3) is 6.08 Å². The Morgan fingerprint density at radius 3 is 2.45 bits per heavy atom. The monoisotopic (exact) mass is 573 g/mol. The highest BCUT2D eigenvalue weighted by Gasteiger charge is 2.18. The second kappa shape index (κ2) is 10.9. The van der Waals surface area contributed by atoms with Crippen LogP contribution >= 0.6 is 31.9 Å². The molecule has 168 valence electrons. The molecule has 0 heterocycles. The van der Waals surface area contributed by atoms with Gasteiger partial charge in [-0.3, -0.25) is 19.7 Å². The Kier molecular flexibility index (Phi) is 7.96. The summed E-state index contributed by atoms with van der Waals surface area (Å²) >= 11 is 6.69. The molecule has 0 fully saturated rings. The van der Waals surface area contributed by atoms with Gasteiger partial charge in [-0.25, -0.2) is 0 Å². The minimum Gasteiger partial charge on any atom is -0.497 e. The average Bonchev–Trinajstić information content (AvgIpc) is 2.80. The number of hydrogen-bond donors (Lipinski definition) is 2. The number of nitro groups is 1. The van der Waals surface area contributed by atoms with Crippen LogP contribution in [-0.4, -0.2) is 23.8 Å². The molecule has 0 unspecified atom stereocenters. The normalized spacial score (nSPS) is 10.9. The zero-order chi connectivity index (χ0) is 24.0. The zero-order valence-corrected chi connectivity index (χ0v) is 20.3. The summed E-state index contributed by atoms with van der Waals surface area (Å²) in [5, 5.41) is 16.5. The van der Waals surface area contributed by atoms with Crippen LogP contribution in [0.3, 0.4) is 0 Å². The molecular weight excluding hydrogens is 558 g/mol. The van der Waals surface area contributed by atoms with E-state index in [1.54, 1.807) is 42.5 Å². The molecule has 10 heteroatoms. The number of carbonyl (C=O) groups is 2. The summed E-state index contributed by atoms with van der Waals surface area (Å²) in [6.07, 6.45) is 1.37. The molecule has 8 nitrogen and oxygen atoms in total. The summed E-state index contributed by atoms with van der Waals surface area (Å²) in [7, 11) is 1.48. The van der Waals surface area contributed by atoms with Gasteiger partial charge in [0.1, 0.15) is 11.4 Å². The van der Waals surface area contributed by atoms with Crippen molar-refractivity contribution in [1.82, 2.24) is 5.32 Å². The number of nitro benzene ring substituents is 1. The zero-order valence-electron chi connectivity index (χ0n) is 17.2. The first-order valence-electron chi connectivity index (χ1n) is 9.45. The Morgan fingerprint density at radius 2 is 1.76 bits per heavy atom. The fraction of sp³-hybridized carbons (Fsp3) is 0.0435. The Hall–Kier alpha value is -3.50. The summed E-state index contributed by atoms with van der Waals surface area (Å²) in [4.78, 5) is 36.7. The topological polar surface area (TPSA) is 111 Å². The maximum atomic E-state index is 13.1. The van der Waals surface area contributed by atoms with Crippen molar-refractivity contribution < 1.29 is 19.2 Å². The van der Waals surface area contributed by atoms with Crippen LogP contribution in [0.4, 0.5) is 11.4 Å². The number of para-hydroxylation sites is 1. The molecule has 0 aliphatic carbocycles. The van der Waals surface area contributed by atoms with Gasteiger partial charge < -0.3 is 15.4 Å². The number of benzene rings is 3. The lowest BCUT2D eigenvalue weighted by molar-refractivity contribution is -0.384. The van der Waals surface area contributed by atoms with E-state index in [9.17, 15) is 19.7 Å². The minimum absolute atomic E-state index is 0.106. The standard InChI is InChI=1S/C23H17Br2N3O5/c1-33-16-9-10-18(24)17(13-16)22(29)27-21(12-14-5-4-6-15(11-14)28(31)32)23(30)26-20-8-3-2-7-19(20)25/h2-13H,1H3,(H,26,30)(H,27,29). The molecule has 3 rings (SSSR count). The third-order valence-electron chi connectivity index (χ3n) is 4.43. The van der Waals surface area contributed by atoms with Crippen LogP contribution in [0.15, 0.2) is 81.4 Å². The smallest absolute Gasteiger partial charge is 0.272 e. The predicted molar refractivity (Wildman–Crippen MR) is 132 cm³/mol. The average molecular weight is 575 g/mol. The molecule has 3 aromatic rings. The second-order valence-electron chi connectivity index (χ2n) is 6.64. The maximum absolute atomic E-state index is 13.1. The number of carbonyl (C=O) groups excluding carboxylic acids is 2. The van der Waals surface area contributed by atoms with Gasteiger partial charge in [0, 0.05) is 21.1 Å². The van der Waals surface area contributed by atoms with Crippen molar-refractivity contribution in [3.05, 3.63) is 103 Å². The van der Waals surface area contributed by atoms with Gasteiger partial charge in [-0.1, -0.05) is 24.3 Å². The molecule has 0 aliphatic rings. The van der Waals surface area contributed by atoms with E-state index in [0.29, 0.717) is 25.9 Å². The SMILES string of the molecule is COc1ccc(Br)c(C(=O)NC(=Cc2cccc([N+](=O)[O-])c2)C(=O)Nc2ccccc2Br)c1. The molecule has 0 aromatic heterocycles. The molecule has 0 saturated carbocycles. The lowest BCUT2D eigenvalue weighted by Gasteiger charge is -2.13. The Bertz CT molecular complexity index is 1260. The van der Waals surface area contributed by atoms with E-state index >= 15 is 0 Å². The van der Waals surface area contributed by atoms with Crippen molar-refractivity contribution in [1.29, 1.82) is 0 Å². The summed E-state index contributed by atoms with van der Waals surface area (Å²) in [6.45, 7) is 0. The molecule has 0 saturated heterocycles. The molecule has 0 spiro atoms. The minimum atomic E-state index is -0.610. The molecule has 33 heavy (non-hydrogen) atoms. The lowest BCUT2D eigenvalue weighted by atomic mass is 10.1. The molecule has 0 bridgehead atoms. The number of hydrogen-bond acceptors (Lipinski definition) is 5. The van der Waals surface area contributed by atoms with Crippen LogP contribution in [0.5, 0.6) is 5.75 Å². The summed E-state index contributed by atoms with van der Waals surface area (Å²) < 4.78 is 6.32. The number of amides is 2. The number of methoxy groups -OCH3 is 1. The van der Waals surface area contributed by atoms with Crippen molar-refractivity contribution in [2.24, 2.45) is 0 Å². The number of ether oxygens (including phenoxy) is 1. The quantitative estimate of drug-likeness (QED) is 0.219. The largest absolute Gasteiger partial charge is 0.497 e. The fourth-order valence-electron chi connectivity index (χ4n) is 2.80. The molecule has 2 N–H and O–H groups in total. The highest BCUT2D eigenvalue weighted by molar-refractivity contribution is 9.11. The van der Waals surface area contributed by atoms with Gasteiger partial charge in [-0.05, 0) is 73.8 Å². The van der Waals surface area contributed by atoms with Crippen LogP contribution < -0.4 is 15.4 Å². The number of halogens is 2. The van der Waals surface area contributed by atoms with Crippen molar-refractivity contribution in [3.8, 4) is 5.75 Å². The highest BCUT2D eigenvalue weighted by Crippen LogP contribution is 2.24. The number of non-ortho nitro benzene ring substituents is 1. The Balaban J connectivity index is 1.98. The van der Waals surface area contributed by atoms with E-state index in [2.05, 4.69) is 42.5 Å². The second-order valence-corrected chi connectivity index (χ2v) is 8.35. The van der Waals surface area contributed by atoms with Crippen molar-refractivity contribution >= 4 is 61.1 Å². The molecule has 2 amide bonds. The first-order chi connectivity index (χ1) is 15.8. The number of nitrogens with one attached hydrogen (secondary N) is 2. The highest BCUT2D eigenvalue weighted by atomic mass is 79.9. The van der Waals surface area contributed by atoms with Gasteiger partial charge in [0.25, 0.3) is 17.5 Å². The number of rotatable bonds is 7. The third kappa shape index (κ3) is 6.27. The molecule has 3 aromatic carbocycles. The van der Waals surface area contributed by atoms with E-state index < -0.39 is 16.7 Å². The number of anilines is 1. The molecular formula is C23H17Br2N3O5. The van der Waals surface area contributed by atoms with Gasteiger partial charge in [0.15, 0.2) is 0 Å². The predicted octanol–water partition coefficient (Wildman–Crippen LogP) is 5.54. The van der Waals surface area contributed by atoms with Gasteiger partial charge in [-0.2, -0.15) is 0 Å². The fourth-order valence-corrected chi connectivity index (χ4v) is 3.61. The van der Waals surface area contributed by atoms with Crippen LogP contribution in [0.1, 0.15) is 15.9 Å². The maximum Gasteiger partial charge on any atom is 0.272 e. The van der Waals surface area contributed by atoms with Gasteiger partial charge in [0.05, 0.1) is 23.3 Å². The molecule has 0 aliphatic heterocycles. The Morgan fingerprint density at radius 1 is 1.00 bits per heavy atom. The van der Waals surface area contributed by atoms with E-state index in [1.807, 2.05) is 0 Å². The van der Waals surface area contributed by atoms with Gasteiger partial charge in [-0.15, -0.1) is 0 Å². The summed E-state index contributed by atoms with van der Waals surface area (Å²) in [6, 6.07) is 17.6. The van der Waals surface area contributed by atoms with Crippen LogP contribution in [0.2, 0.25) is 0 Å². The first kappa shape index (κ1) is 24.1. The van der Waals surface area contributed by atoms with Gasteiger partial charge >= 0.3 is 0 Å². The van der Waals surface area contributed by atoms with E-state index in [4.69, 9.17) is 4.74 Å². The van der Waals surface area contributed by atoms with Crippen molar-refractivity contribution in [3.63, 3.8) is 0 Å². The summed E-state index contributed by atoms with van der Waals surface area (Å²) in [5.41, 5.74) is 0.853. The summed E-state index contributed by atoms with van der Waals surface area (Å²) in [5.74, 6) is -0.717. The van der Waals surface area contributed by atoms with Crippen LogP contribution in [0, 0.1) is 10.1 Å². The van der Waals surface area contributed by atoms with Gasteiger partial charge in [0.2, 0.25) is 0 Å². The lowest BCUT2D eigenvalue weighted by Crippen LogP contribution is -2.31. The molecule has 0 atom stereocenters.